The first-order valence-electron chi connectivity index (χ1n) is 10.4. The van der Waals surface area contributed by atoms with E-state index in [0.717, 1.165) is 15.7 Å². The number of halogens is 2. The number of benzene rings is 2. The standard InChI is InChI=1S/C25H25BrClNO4/c1-5-31-24(29)21-15(3)28(20-13-9-18(26)10-14-20)16(4)22(25(30)32-6-2)23(21)17-7-11-19(27)12-8-17/h7-14,23H,5-6H2,1-4H3. The van der Waals surface area contributed by atoms with Gasteiger partial charge in [-0.15, -0.1) is 0 Å². The van der Waals surface area contributed by atoms with Crippen molar-refractivity contribution in [2.24, 2.45) is 0 Å². The smallest absolute Gasteiger partial charge is 0.336 e. The Hall–Kier alpha value is -2.57. The van der Waals surface area contributed by atoms with E-state index in [4.69, 9.17) is 21.1 Å². The van der Waals surface area contributed by atoms with Gasteiger partial charge in [-0.3, -0.25) is 0 Å². The minimum atomic E-state index is -0.642. The van der Waals surface area contributed by atoms with Crippen LogP contribution in [0.1, 0.15) is 39.2 Å². The first-order chi connectivity index (χ1) is 15.3. The quantitative estimate of drug-likeness (QED) is 0.415. The predicted octanol–water partition coefficient (Wildman–Crippen LogP) is 6.38. The van der Waals surface area contributed by atoms with Gasteiger partial charge in [0.2, 0.25) is 0 Å². The van der Waals surface area contributed by atoms with Gasteiger partial charge in [0.15, 0.2) is 0 Å². The molecule has 1 aliphatic heterocycles. The van der Waals surface area contributed by atoms with E-state index in [2.05, 4.69) is 15.9 Å². The number of nitrogens with zero attached hydrogens (tertiary/aromatic N) is 1. The summed E-state index contributed by atoms with van der Waals surface area (Å²) in [6.45, 7) is 7.68. The molecule has 0 aromatic heterocycles. The topological polar surface area (TPSA) is 55.8 Å². The first kappa shape index (κ1) is 24.1. The molecule has 2 aromatic rings. The van der Waals surface area contributed by atoms with Gasteiger partial charge in [-0.1, -0.05) is 39.7 Å². The van der Waals surface area contributed by atoms with Crippen molar-refractivity contribution in [3.63, 3.8) is 0 Å². The lowest BCUT2D eigenvalue weighted by molar-refractivity contribution is -0.139. The Morgan fingerprint density at radius 2 is 1.34 bits per heavy atom. The third-order valence-electron chi connectivity index (χ3n) is 5.31. The van der Waals surface area contributed by atoms with Crippen LogP contribution in [-0.2, 0) is 19.1 Å². The fraction of sp³-hybridized carbons (Fsp3) is 0.280. The van der Waals surface area contributed by atoms with E-state index in [1.165, 1.54) is 0 Å². The lowest BCUT2D eigenvalue weighted by Gasteiger charge is -2.38. The number of allylic oxidation sites excluding steroid dienone is 2. The third-order valence-corrected chi connectivity index (χ3v) is 6.09. The molecule has 2 aromatic carbocycles. The number of rotatable bonds is 6. The minimum Gasteiger partial charge on any atom is -0.463 e. The second-order valence-electron chi connectivity index (χ2n) is 7.24. The molecule has 0 fully saturated rings. The molecule has 0 bridgehead atoms. The molecule has 0 N–H and O–H groups in total. The highest BCUT2D eigenvalue weighted by Gasteiger charge is 2.41. The van der Waals surface area contributed by atoms with Crippen molar-refractivity contribution in [3.05, 3.63) is 86.1 Å². The molecule has 1 heterocycles. The maximum atomic E-state index is 13.2. The number of anilines is 1. The SMILES string of the molecule is CCOC(=O)C1=C(C)N(c2ccc(Br)cc2)C(C)=C(C(=O)OCC)C1c1ccc(Cl)cc1. The van der Waals surface area contributed by atoms with Crippen molar-refractivity contribution in [2.45, 2.75) is 33.6 Å². The van der Waals surface area contributed by atoms with Gasteiger partial charge in [-0.2, -0.15) is 0 Å². The molecule has 0 aliphatic carbocycles. The van der Waals surface area contributed by atoms with Crippen LogP contribution in [0.3, 0.4) is 0 Å². The van der Waals surface area contributed by atoms with E-state index in [1.54, 1.807) is 26.0 Å². The van der Waals surface area contributed by atoms with Crippen LogP contribution in [0.5, 0.6) is 0 Å². The molecular formula is C25H25BrClNO4. The van der Waals surface area contributed by atoms with E-state index < -0.39 is 17.9 Å². The van der Waals surface area contributed by atoms with Crippen LogP contribution in [-0.4, -0.2) is 25.2 Å². The van der Waals surface area contributed by atoms with Crippen LogP contribution in [0.15, 0.2) is 75.5 Å². The lowest BCUT2D eigenvalue weighted by atomic mass is 9.79. The molecule has 0 radical (unpaired) electrons. The fourth-order valence-corrected chi connectivity index (χ4v) is 4.36. The van der Waals surface area contributed by atoms with E-state index in [9.17, 15) is 9.59 Å². The molecule has 0 saturated carbocycles. The molecule has 0 spiro atoms. The summed E-state index contributed by atoms with van der Waals surface area (Å²) in [6.07, 6.45) is 0. The summed E-state index contributed by atoms with van der Waals surface area (Å²) < 4.78 is 11.8. The Labute approximate surface area is 201 Å². The Balaban J connectivity index is 2.30. The zero-order valence-electron chi connectivity index (χ0n) is 18.4. The Morgan fingerprint density at radius 3 is 1.78 bits per heavy atom. The number of ether oxygens (including phenoxy) is 2. The lowest BCUT2D eigenvalue weighted by Crippen LogP contribution is -2.35. The van der Waals surface area contributed by atoms with Gasteiger partial charge in [0.1, 0.15) is 0 Å². The highest BCUT2D eigenvalue weighted by atomic mass is 79.9. The van der Waals surface area contributed by atoms with Crippen LogP contribution in [0.4, 0.5) is 5.69 Å². The van der Waals surface area contributed by atoms with Crippen molar-refractivity contribution in [1.82, 2.24) is 0 Å². The van der Waals surface area contributed by atoms with Crippen LogP contribution in [0.2, 0.25) is 5.02 Å². The fourth-order valence-electron chi connectivity index (χ4n) is 3.97. The molecule has 0 atom stereocenters. The largest absolute Gasteiger partial charge is 0.463 e. The normalized spacial score (nSPS) is 14.6. The van der Waals surface area contributed by atoms with Gasteiger partial charge in [0.05, 0.1) is 30.3 Å². The van der Waals surface area contributed by atoms with E-state index in [-0.39, 0.29) is 13.2 Å². The maximum absolute atomic E-state index is 13.2. The monoisotopic (exact) mass is 517 g/mol. The molecule has 0 saturated heterocycles. The van der Waals surface area contributed by atoms with Gasteiger partial charge in [-0.25, -0.2) is 9.59 Å². The zero-order valence-corrected chi connectivity index (χ0v) is 20.8. The molecular weight excluding hydrogens is 494 g/mol. The minimum absolute atomic E-state index is 0.221. The van der Waals surface area contributed by atoms with Gasteiger partial charge in [0.25, 0.3) is 0 Å². The average molecular weight is 519 g/mol. The Bertz CT molecular complexity index is 1030. The van der Waals surface area contributed by atoms with E-state index in [0.29, 0.717) is 27.6 Å². The highest BCUT2D eigenvalue weighted by molar-refractivity contribution is 9.10. The highest BCUT2D eigenvalue weighted by Crippen LogP contribution is 2.44. The molecule has 3 rings (SSSR count). The summed E-state index contributed by atoms with van der Waals surface area (Å²) in [5, 5.41) is 0.567. The zero-order chi connectivity index (χ0) is 23.4. The van der Waals surface area contributed by atoms with Gasteiger partial charge >= 0.3 is 11.9 Å². The second kappa shape index (κ2) is 10.4. The molecule has 0 unspecified atom stereocenters. The second-order valence-corrected chi connectivity index (χ2v) is 8.59. The first-order valence-corrected chi connectivity index (χ1v) is 11.5. The number of hydrogen-bond donors (Lipinski definition) is 0. The van der Waals surface area contributed by atoms with Crippen LogP contribution in [0.25, 0.3) is 0 Å². The predicted molar refractivity (Wildman–Crippen MR) is 129 cm³/mol. The number of esters is 2. The van der Waals surface area contributed by atoms with Crippen LogP contribution >= 0.6 is 27.5 Å². The summed E-state index contributed by atoms with van der Waals surface area (Å²) >= 11 is 9.56. The molecule has 1 aliphatic rings. The van der Waals surface area contributed by atoms with Crippen molar-refractivity contribution >= 4 is 45.2 Å². The number of carbonyl (C=O) groups is 2. The number of hydrogen-bond acceptors (Lipinski definition) is 5. The number of carbonyl (C=O) groups excluding carboxylic acids is 2. The molecule has 7 heteroatoms. The van der Waals surface area contributed by atoms with Gasteiger partial charge in [-0.05, 0) is 69.7 Å². The Kier molecular flexibility index (Phi) is 7.80. The van der Waals surface area contributed by atoms with Gasteiger partial charge < -0.3 is 14.4 Å². The third kappa shape index (κ3) is 4.76. The molecule has 5 nitrogen and oxygen atoms in total. The molecule has 0 amide bonds. The maximum Gasteiger partial charge on any atom is 0.336 e. The molecule has 168 valence electrons. The Morgan fingerprint density at radius 1 is 0.875 bits per heavy atom. The van der Waals surface area contributed by atoms with Crippen molar-refractivity contribution < 1.29 is 19.1 Å². The van der Waals surface area contributed by atoms with E-state index >= 15 is 0 Å². The van der Waals surface area contributed by atoms with Crippen LogP contribution in [0, 0.1) is 0 Å². The van der Waals surface area contributed by atoms with E-state index in [1.807, 2.05) is 55.1 Å². The summed E-state index contributed by atoms with van der Waals surface area (Å²) in [6, 6.07) is 14.8. The van der Waals surface area contributed by atoms with Crippen molar-refractivity contribution in [1.29, 1.82) is 0 Å². The van der Waals surface area contributed by atoms with Gasteiger partial charge in [0, 0.05) is 26.6 Å². The summed E-state index contributed by atoms with van der Waals surface area (Å²) in [5.41, 5.74) is 3.75. The summed E-state index contributed by atoms with van der Waals surface area (Å²) in [7, 11) is 0. The van der Waals surface area contributed by atoms with Crippen molar-refractivity contribution in [3.8, 4) is 0 Å². The van der Waals surface area contributed by atoms with Crippen LogP contribution < -0.4 is 4.90 Å². The molecule has 32 heavy (non-hydrogen) atoms. The summed E-state index contributed by atoms with van der Waals surface area (Å²) in [5.74, 6) is -1.58. The average Bonchev–Trinajstić information content (AvgIpc) is 2.75. The van der Waals surface area contributed by atoms with Crippen molar-refractivity contribution in [2.75, 3.05) is 18.1 Å². The summed E-state index contributed by atoms with van der Waals surface area (Å²) in [4.78, 5) is 28.3.